The third-order valence-electron chi connectivity index (χ3n) is 5.20. The molecule has 2 fully saturated rings. The van der Waals surface area contributed by atoms with E-state index in [-0.39, 0.29) is 12.1 Å². The highest BCUT2D eigenvalue weighted by Crippen LogP contribution is 2.32. The summed E-state index contributed by atoms with van der Waals surface area (Å²) in [6.07, 6.45) is 6.42. The van der Waals surface area contributed by atoms with Gasteiger partial charge in [-0.25, -0.2) is 4.79 Å². The molecular formula is C19H24N4O2. The van der Waals surface area contributed by atoms with Crippen molar-refractivity contribution in [3.8, 4) is 11.4 Å². The zero-order valence-electron chi connectivity index (χ0n) is 14.6. The second kappa shape index (κ2) is 6.86. The molecule has 0 radical (unpaired) electrons. The highest BCUT2D eigenvalue weighted by Gasteiger charge is 2.35. The molecule has 6 heteroatoms. The first-order chi connectivity index (χ1) is 12.2. The topological polar surface area (TPSA) is 71.3 Å². The van der Waals surface area contributed by atoms with E-state index in [4.69, 9.17) is 4.52 Å². The summed E-state index contributed by atoms with van der Waals surface area (Å²) in [7, 11) is 0. The lowest BCUT2D eigenvalue weighted by atomic mass is 10.1. The van der Waals surface area contributed by atoms with E-state index in [9.17, 15) is 4.79 Å². The molecule has 1 saturated heterocycles. The standard InChI is InChI=1S/C19H24N4O2/c1-13-6-4-7-14(12-13)17-21-18(25-22-17)16-10-5-11-23(16)19(24)20-15-8-2-3-9-15/h4,6-7,12,15-16H,2-3,5,8-11H2,1H3,(H,20,24)/t16-/m0/s1. The molecule has 2 aromatic rings. The third kappa shape index (κ3) is 3.38. The largest absolute Gasteiger partial charge is 0.337 e. The minimum Gasteiger partial charge on any atom is -0.337 e. The Labute approximate surface area is 147 Å². The van der Waals surface area contributed by atoms with E-state index in [2.05, 4.69) is 15.5 Å². The number of likely N-dealkylation sites (tertiary alicyclic amines) is 1. The first-order valence-corrected chi connectivity index (χ1v) is 9.18. The quantitative estimate of drug-likeness (QED) is 0.921. The van der Waals surface area contributed by atoms with E-state index in [1.807, 2.05) is 36.1 Å². The van der Waals surface area contributed by atoms with Gasteiger partial charge in [-0.05, 0) is 38.7 Å². The molecule has 6 nitrogen and oxygen atoms in total. The Hall–Kier alpha value is -2.37. The Kier molecular flexibility index (Phi) is 4.42. The van der Waals surface area contributed by atoms with Gasteiger partial charge in [-0.15, -0.1) is 0 Å². The van der Waals surface area contributed by atoms with Gasteiger partial charge in [-0.3, -0.25) is 0 Å². The number of amides is 2. The van der Waals surface area contributed by atoms with Crippen LogP contribution < -0.4 is 5.32 Å². The lowest BCUT2D eigenvalue weighted by molar-refractivity contribution is 0.177. The van der Waals surface area contributed by atoms with Crippen LogP contribution in [0.5, 0.6) is 0 Å². The molecule has 1 saturated carbocycles. The third-order valence-corrected chi connectivity index (χ3v) is 5.20. The van der Waals surface area contributed by atoms with Crippen molar-refractivity contribution < 1.29 is 9.32 Å². The second-order valence-electron chi connectivity index (χ2n) is 7.11. The van der Waals surface area contributed by atoms with Crippen LogP contribution in [-0.4, -0.2) is 33.7 Å². The number of urea groups is 1. The van der Waals surface area contributed by atoms with Crippen molar-refractivity contribution in [3.05, 3.63) is 35.7 Å². The van der Waals surface area contributed by atoms with Crippen molar-refractivity contribution in [1.82, 2.24) is 20.4 Å². The van der Waals surface area contributed by atoms with Crippen LogP contribution in [-0.2, 0) is 0 Å². The van der Waals surface area contributed by atoms with E-state index >= 15 is 0 Å². The van der Waals surface area contributed by atoms with Gasteiger partial charge in [0, 0.05) is 18.2 Å². The van der Waals surface area contributed by atoms with E-state index in [1.165, 1.54) is 12.8 Å². The molecular weight excluding hydrogens is 316 g/mol. The Morgan fingerprint density at radius 3 is 2.88 bits per heavy atom. The first-order valence-electron chi connectivity index (χ1n) is 9.18. The summed E-state index contributed by atoms with van der Waals surface area (Å²) < 4.78 is 5.51. The van der Waals surface area contributed by atoms with Gasteiger partial charge < -0.3 is 14.7 Å². The normalized spacial score (nSPS) is 21.0. The molecule has 2 aliphatic rings. The molecule has 25 heavy (non-hydrogen) atoms. The summed E-state index contributed by atoms with van der Waals surface area (Å²) in [5.41, 5.74) is 2.09. The number of rotatable bonds is 3. The van der Waals surface area contributed by atoms with Crippen molar-refractivity contribution in [3.63, 3.8) is 0 Å². The van der Waals surface area contributed by atoms with E-state index in [0.717, 1.165) is 43.4 Å². The van der Waals surface area contributed by atoms with Gasteiger partial charge in [0.15, 0.2) is 0 Å². The van der Waals surface area contributed by atoms with Gasteiger partial charge in [-0.1, -0.05) is 41.8 Å². The maximum absolute atomic E-state index is 12.6. The molecule has 0 unspecified atom stereocenters. The van der Waals surface area contributed by atoms with Gasteiger partial charge in [-0.2, -0.15) is 4.98 Å². The lowest BCUT2D eigenvalue weighted by Crippen LogP contribution is -2.43. The fourth-order valence-corrected chi connectivity index (χ4v) is 3.87. The number of aryl methyl sites for hydroxylation is 1. The minimum atomic E-state index is -0.118. The number of hydrogen-bond acceptors (Lipinski definition) is 4. The highest BCUT2D eigenvalue weighted by molar-refractivity contribution is 5.75. The fraction of sp³-hybridized carbons (Fsp3) is 0.526. The molecule has 0 bridgehead atoms. The van der Waals surface area contributed by atoms with Crippen molar-refractivity contribution in [2.24, 2.45) is 0 Å². The average molecular weight is 340 g/mol. The summed E-state index contributed by atoms with van der Waals surface area (Å²) >= 11 is 0. The summed E-state index contributed by atoms with van der Waals surface area (Å²) in [6.45, 7) is 2.78. The Morgan fingerprint density at radius 2 is 2.08 bits per heavy atom. The highest BCUT2D eigenvalue weighted by atomic mass is 16.5. The van der Waals surface area contributed by atoms with Gasteiger partial charge in [0.1, 0.15) is 6.04 Å². The van der Waals surface area contributed by atoms with Crippen molar-refractivity contribution in [2.75, 3.05) is 6.54 Å². The van der Waals surface area contributed by atoms with Crippen LogP contribution in [0.15, 0.2) is 28.8 Å². The van der Waals surface area contributed by atoms with Gasteiger partial charge >= 0.3 is 6.03 Å². The van der Waals surface area contributed by atoms with Crippen LogP contribution in [0.4, 0.5) is 4.79 Å². The molecule has 1 N–H and O–H groups in total. The van der Waals surface area contributed by atoms with Crippen LogP contribution >= 0.6 is 0 Å². The van der Waals surface area contributed by atoms with Crippen LogP contribution in [0.3, 0.4) is 0 Å². The molecule has 0 spiro atoms. The summed E-state index contributed by atoms with van der Waals surface area (Å²) in [4.78, 5) is 19.1. The van der Waals surface area contributed by atoms with Crippen LogP contribution in [0.2, 0.25) is 0 Å². The first kappa shape index (κ1) is 16.1. The molecule has 132 valence electrons. The van der Waals surface area contributed by atoms with Crippen molar-refractivity contribution in [1.29, 1.82) is 0 Å². The molecule has 1 aliphatic carbocycles. The summed E-state index contributed by atoms with van der Waals surface area (Å²) in [5, 5.41) is 7.29. The molecule has 1 aromatic heterocycles. The number of nitrogens with one attached hydrogen (secondary N) is 1. The van der Waals surface area contributed by atoms with E-state index < -0.39 is 0 Å². The number of aromatic nitrogens is 2. The van der Waals surface area contributed by atoms with Gasteiger partial charge in [0.05, 0.1) is 0 Å². The Balaban J connectivity index is 1.49. The number of carbonyl (C=O) groups excluding carboxylic acids is 1. The lowest BCUT2D eigenvalue weighted by Gasteiger charge is -2.24. The number of benzene rings is 1. The SMILES string of the molecule is Cc1cccc(-c2noc([C@@H]3CCCN3C(=O)NC3CCCC3)n2)c1. The van der Waals surface area contributed by atoms with Crippen LogP contribution in [0.25, 0.3) is 11.4 Å². The number of nitrogens with zero attached hydrogens (tertiary/aromatic N) is 3. The maximum atomic E-state index is 12.6. The number of carbonyl (C=O) groups is 1. The Bertz CT molecular complexity index is 751. The number of hydrogen-bond donors (Lipinski definition) is 1. The van der Waals surface area contributed by atoms with Crippen molar-refractivity contribution in [2.45, 2.75) is 57.5 Å². The molecule has 2 amide bonds. The minimum absolute atomic E-state index is 0.00436. The molecule has 1 aliphatic heterocycles. The molecule has 2 heterocycles. The zero-order valence-corrected chi connectivity index (χ0v) is 14.6. The fourth-order valence-electron chi connectivity index (χ4n) is 3.87. The molecule has 1 atom stereocenters. The molecule has 4 rings (SSSR count). The zero-order chi connectivity index (χ0) is 17.2. The van der Waals surface area contributed by atoms with E-state index in [0.29, 0.717) is 17.8 Å². The summed E-state index contributed by atoms with van der Waals surface area (Å²) in [5.74, 6) is 1.12. The monoisotopic (exact) mass is 340 g/mol. The predicted octanol–water partition coefficient (Wildman–Crippen LogP) is 3.83. The maximum Gasteiger partial charge on any atom is 0.318 e. The van der Waals surface area contributed by atoms with Crippen LogP contribution in [0, 0.1) is 6.92 Å². The van der Waals surface area contributed by atoms with Crippen LogP contribution in [0.1, 0.15) is 56.0 Å². The van der Waals surface area contributed by atoms with E-state index in [1.54, 1.807) is 0 Å². The van der Waals surface area contributed by atoms with Crippen molar-refractivity contribution >= 4 is 6.03 Å². The predicted molar refractivity (Wildman–Crippen MR) is 93.9 cm³/mol. The summed E-state index contributed by atoms with van der Waals surface area (Å²) in [6, 6.07) is 8.24. The molecule has 1 aromatic carbocycles. The van der Waals surface area contributed by atoms with Gasteiger partial charge in [0.2, 0.25) is 11.7 Å². The van der Waals surface area contributed by atoms with Gasteiger partial charge in [0.25, 0.3) is 0 Å². The smallest absolute Gasteiger partial charge is 0.318 e. The Morgan fingerprint density at radius 1 is 1.24 bits per heavy atom. The second-order valence-corrected chi connectivity index (χ2v) is 7.11. The average Bonchev–Trinajstić information content (AvgIpc) is 3.35.